The molecular weight excluding hydrogens is 418 g/mol. The van der Waals surface area contributed by atoms with Gasteiger partial charge in [-0.1, -0.05) is 30.3 Å². The number of hydrogen-bond acceptors (Lipinski definition) is 6. The molecule has 1 aliphatic rings. The summed E-state index contributed by atoms with van der Waals surface area (Å²) in [5.74, 6) is 1.70. The summed E-state index contributed by atoms with van der Waals surface area (Å²) in [6, 6.07) is 13.9. The second-order valence-corrected chi connectivity index (χ2v) is 8.18. The Kier molecular flexibility index (Phi) is 5.24. The zero-order chi connectivity index (χ0) is 23.1. The Hall–Kier alpha value is -3.87. The fourth-order valence-electron chi connectivity index (χ4n) is 4.66. The Morgan fingerprint density at radius 2 is 1.67 bits per heavy atom. The molecule has 0 radical (unpaired) electrons. The molecule has 2 aromatic heterocycles. The molecule has 0 saturated carbocycles. The summed E-state index contributed by atoms with van der Waals surface area (Å²) in [7, 11) is 4.76. The Morgan fingerprint density at radius 3 is 2.30 bits per heavy atom. The summed E-state index contributed by atoms with van der Waals surface area (Å²) >= 11 is 0. The first-order chi connectivity index (χ1) is 16.0. The SMILES string of the molecule is COc1cc(C2CC(=O)c3cn4nc(C)c(-c5ccccc5)c4nc3C2)cc(OC)c1OC. The molecule has 0 spiro atoms. The molecule has 1 unspecified atom stereocenters. The summed E-state index contributed by atoms with van der Waals surface area (Å²) in [6.07, 6.45) is 2.84. The standard InChI is InChI=1S/C26H25N3O4/c1-15-24(16-8-6-5-7-9-16)26-27-20-10-17(11-21(30)19(20)14-29(26)28-15)18-12-22(31-2)25(33-4)23(13-18)32-3/h5-9,12-14,17H,10-11H2,1-4H3. The molecule has 2 aromatic carbocycles. The molecular formula is C26H25N3O4. The lowest BCUT2D eigenvalue weighted by Gasteiger charge is -2.24. The lowest BCUT2D eigenvalue weighted by Crippen LogP contribution is -2.21. The van der Waals surface area contributed by atoms with E-state index in [2.05, 4.69) is 17.2 Å². The highest BCUT2D eigenvalue weighted by atomic mass is 16.5. The van der Waals surface area contributed by atoms with Crippen LogP contribution in [-0.2, 0) is 6.42 Å². The van der Waals surface area contributed by atoms with Gasteiger partial charge in [-0.25, -0.2) is 9.50 Å². The van der Waals surface area contributed by atoms with Gasteiger partial charge < -0.3 is 14.2 Å². The van der Waals surface area contributed by atoms with E-state index in [1.165, 1.54) is 0 Å². The van der Waals surface area contributed by atoms with E-state index in [1.807, 2.05) is 43.5 Å². The van der Waals surface area contributed by atoms with Crippen LogP contribution in [0.4, 0.5) is 0 Å². The van der Waals surface area contributed by atoms with E-state index in [-0.39, 0.29) is 11.7 Å². The van der Waals surface area contributed by atoms with Crippen molar-refractivity contribution in [2.24, 2.45) is 0 Å². The highest BCUT2D eigenvalue weighted by Crippen LogP contribution is 2.43. The molecule has 1 atom stereocenters. The first kappa shape index (κ1) is 21.0. The van der Waals surface area contributed by atoms with Crippen LogP contribution in [0.3, 0.4) is 0 Å². The molecule has 0 bridgehead atoms. The van der Waals surface area contributed by atoms with E-state index in [9.17, 15) is 4.79 Å². The molecule has 33 heavy (non-hydrogen) atoms. The van der Waals surface area contributed by atoms with Crippen LogP contribution in [0.25, 0.3) is 16.8 Å². The summed E-state index contributed by atoms with van der Waals surface area (Å²) < 4.78 is 18.2. The summed E-state index contributed by atoms with van der Waals surface area (Å²) in [4.78, 5) is 18.1. The molecule has 5 rings (SSSR count). The van der Waals surface area contributed by atoms with Crippen LogP contribution in [0.15, 0.2) is 48.7 Å². The maximum Gasteiger partial charge on any atom is 0.203 e. The van der Waals surface area contributed by atoms with Gasteiger partial charge in [-0.05, 0) is 42.5 Å². The number of ketones is 1. The average Bonchev–Trinajstić information content (AvgIpc) is 3.16. The topological polar surface area (TPSA) is 75.0 Å². The molecule has 4 aromatic rings. The van der Waals surface area contributed by atoms with Crippen LogP contribution in [0.2, 0.25) is 0 Å². The van der Waals surface area contributed by atoms with Crippen molar-refractivity contribution >= 4 is 11.4 Å². The van der Waals surface area contributed by atoms with E-state index >= 15 is 0 Å². The first-order valence-electron chi connectivity index (χ1n) is 10.8. The normalized spacial score (nSPS) is 15.4. The number of carbonyl (C=O) groups is 1. The van der Waals surface area contributed by atoms with Crippen LogP contribution < -0.4 is 14.2 Å². The van der Waals surface area contributed by atoms with Crippen LogP contribution in [0.1, 0.15) is 39.6 Å². The van der Waals surface area contributed by atoms with Crippen molar-refractivity contribution in [3.63, 3.8) is 0 Å². The minimum Gasteiger partial charge on any atom is -0.493 e. The summed E-state index contributed by atoms with van der Waals surface area (Å²) in [5.41, 5.74) is 6.06. The van der Waals surface area contributed by atoms with Gasteiger partial charge in [-0.2, -0.15) is 5.10 Å². The van der Waals surface area contributed by atoms with E-state index < -0.39 is 0 Å². The maximum atomic E-state index is 13.1. The van der Waals surface area contributed by atoms with Crippen molar-refractivity contribution in [3.8, 4) is 28.4 Å². The Balaban J connectivity index is 1.60. The Bertz CT molecular complexity index is 1340. The van der Waals surface area contributed by atoms with Gasteiger partial charge in [-0.15, -0.1) is 0 Å². The van der Waals surface area contributed by atoms with Gasteiger partial charge in [-0.3, -0.25) is 4.79 Å². The lowest BCUT2D eigenvalue weighted by atomic mass is 9.82. The Morgan fingerprint density at radius 1 is 0.970 bits per heavy atom. The van der Waals surface area contributed by atoms with Gasteiger partial charge in [0, 0.05) is 18.2 Å². The average molecular weight is 444 g/mol. The zero-order valence-electron chi connectivity index (χ0n) is 19.1. The number of aromatic nitrogens is 3. The lowest BCUT2D eigenvalue weighted by molar-refractivity contribution is 0.0962. The molecule has 0 amide bonds. The third-order valence-electron chi connectivity index (χ3n) is 6.26. The Labute approximate surface area is 191 Å². The van der Waals surface area contributed by atoms with Crippen molar-refractivity contribution in [1.29, 1.82) is 0 Å². The number of benzene rings is 2. The molecule has 2 heterocycles. The zero-order valence-corrected chi connectivity index (χ0v) is 19.1. The number of hydrogen-bond donors (Lipinski definition) is 0. The molecule has 1 aliphatic carbocycles. The largest absolute Gasteiger partial charge is 0.493 e. The second kappa shape index (κ2) is 8.24. The maximum absolute atomic E-state index is 13.1. The minimum absolute atomic E-state index is 0.0437. The predicted molar refractivity (Wildman–Crippen MR) is 125 cm³/mol. The smallest absolute Gasteiger partial charge is 0.203 e. The number of methoxy groups -OCH3 is 3. The fourth-order valence-corrected chi connectivity index (χ4v) is 4.66. The summed E-state index contributed by atoms with van der Waals surface area (Å²) in [5, 5.41) is 4.63. The molecule has 0 aliphatic heterocycles. The van der Waals surface area contributed by atoms with Crippen LogP contribution >= 0.6 is 0 Å². The van der Waals surface area contributed by atoms with Crippen LogP contribution in [0, 0.1) is 6.92 Å². The van der Waals surface area contributed by atoms with Crippen LogP contribution in [0.5, 0.6) is 17.2 Å². The van der Waals surface area contributed by atoms with Gasteiger partial charge >= 0.3 is 0 Å². The molecule has 7 heteroatoms. The fraction of sp³-hybridized carbons (Fsp3) is 0.269. The quantitative estimate of drug-likeness (QED) is 0.447. The van der Waals surface area contributed by atoms with Gasteiger partial charge in [0.15, 0.2) is 22.9 Å². The molecule has 0 N–H and O–H groups in total. The van der Waals surface area contributed by atoms with E-state index in [4.69, 9.17) is 19.2 Å². The van der Waals surface area contributed by atoms with E-state index in [0.29, 0.717) is 35.7 Å². The van der Waals surface area contributed by atoms with E-state index in [1.54, 1.807) is 25.8 Å². The number of rotatable bonds is 5. The summed E-state index contributed by atoms with van der Waals surface area (Å²) in [6.45, 7) is 1.97. The van der Waals surface area contributed by atoms with Crippen molar-refractivity contribution in [2.75, 3.05) is 21.3 Å². The number of ether oxygens (including phenoxy) is 3. The van der Waals surface area contributed by atoms with Crippen molar-refractivity contribution in [2.45, 2.75) is 25.7 Å². The number of carbonyl (C=O) groups excluding carboxylic acids is 1. The molecule has 168 valence electrons. The predicted octanol–water partition coefficient (Wildman–Crippen LogP) is 4.64. The number of fused-ring (bicyclic) bond motifs is 2. The van der Waals surface area contributed by atoms with Gasteiger partial charge in [0.2, 0.25) is 5.75 Å². The van der Waals surface area contributed by atoms with Crippen molar-refractivity contribution < 1.29 is 19.0 Å². The third-order valence-corrected chi connectivity index (χ3v) is 6.26. The third kappa shape index (κ3) is 3.50. The monoisotopic (exact) mass is 443 g/mol. The highest BCUT2D eigenvalue weighted by Gasteiger charge is 2.30. The molecule has 0 saturated heterocycles. The molecule has 7 nitrogen and oxygen atoms in total. The number of nitrogens with zero attached hydrogens (tertiary/aromatic N) is 3. The number of Topliss-reactive ketones (excluding diaryl/α,β-unsaturated/α-hetero) is 1. The second-order valence-electron chi connectivity index (χ2n) is 8.18. The highest BCUT2D eigenvalue weighted by molar-refractivity contribution is 5.99. The van der Waals surface area contributed by atoms with Gasteiger partial charge in [0.05, 0.1) is 38.3 Å². The number of aryl methyl sites for hydroxylation is 1. The first-order valence-corrected chi connectivity index (χ1v) is 10.8. The van der Waals surface area contributed by atoms with Crippen molar-refractivity contribution in [3.05, 3.63) is 71.2 Å². The van der Waals surface area contributed by atoms with Crippen molar-refractivity contribution in [1.82, 2.24) is 14.6 Å². The van der Waals surface area contributed by atoms with Gasteiger partial charge in [0.25, 0.3) is 0 Å². The van der Waals surface area contributed by atoms with E-state index in [0.717, 1.165) is 33.7 Å². The molecule has 0 fully saturated rings. The minimum atomic E-state index is -0.0437. The van der Waals surface area contributed by atoms with Gasteiger partial charge in [0.1, 0.15) is 0 Å². The van der Waals surface area contributed by atoms with Crippen LogP contribution in [-0.4, -0.2) is 41.7 Å².